The summed E-state index contributed by atoms with van der Waals surface area (Å²) in [5.74, 6) is -1.32. The lowest BCUT2D eigenvalue weighted by Crippen LogP contribution is -2.40. The first-order valence-electron chi connectivity index (χ1n) is 7.02. The van der Waals surface area contributed by atoms with Crippen molar-refractivity contribution in [3.05, 3.63) is 29.3 Å². The van der Waals surface area contributed by atoms with Gasteiger partial charge in [-0.05, 0) is 50.5 Å². The van der Waals surface area contributed by atoms with Gasteiger partial charge in [0, 0.05) is 12.1 Å². The van der Waals surface area contributed by atoms with Crippen molar-refractivity contribution in [3.8, 4) is 0 Å². The second-order valence-corrected chi connectivity index (χ2v) is 6.59. The second kappa shape index (κ2) is 6.23. The van der Waals surface area contributed by atoms with Gasteiger partial charge in [-0.1, -0.05) is 19.1 Å². The lowest BCUT2D eigenvalue weighted by atomic mass is 9.80. The average molecular weight is 313 g/mol. The first kappa shape index (κ1) is 16.1. The summed E-state index contributed by atoms with van der Waals surface area (Å²) >= 11 is 4.74. The van der Waals surface area contributed by atoms with E-state index >= 15 is 0 Å². The summed E-state index contributed by atoms with van der Waals surface area (Å²) in [4.78, 5) is 2.25. The zero-order valence-corrected chi connectivity index (χ0v) is 13.2. The molecule has 0 atom stereocenters. The summed E-state index contributed by atoms with van der Waals surface area (Å²) in [6.45, 7) is 4.69. The molecule has 116 valence electrons. The van der Waals surface area contributed by atoms with Crippen molar-refractivity contribution in [1.29, 1.82) is 0 Å². The molecule has 0 aromatic heterocycles. The number of halogens is 2. The number of hydrogen-bond acceptors (Lipinski definition) is 3. The lowest BCUT2D eigenvalue weighted by Gasteiger charge is -2.38. The van der Waals surface area contributed by atoms with Gasteiger partial charge in [0.25, 0.3) is 0 Å². The number of thiocarbonyl (C=S) groups is 1. The number of anilines is 1. The third-order valence-corrected chi connectivity index (χ3v) is 4.45. The summed E-state index contributed by atoms with van der Waals surface area (Å²) in [6.07, 6.45) is 2.01. The third kappa shape index (κ3) is 3.89. The quantitative estimate of drug-likeness (QED) is 0.839. The minimum absolute atomic E-state index is 0.0124. The van der Waals surface area contributed by atoms with Crippen LogP contribution < -0.4 is 11.1 Å². The first-order valence-corrected chi connectivity index (χ1v) is 7.43. The summed E-state index contributed by atoms with van der Waals surface area (Å²) in [5, 5.41) is 2.92. The number of nitrogens with zero attached hydrogens (tertiary/aromatic N) is 1. The molecule has 0 aliphatic carbocycles. The molecule has 3 nitrogen and oxygen atoms in total. The second-order valence-electron chi connectivity index (χ2n) is 6.15. The molecule has 1 aromatic carbocycles. The number of benzene rings is 1. The molecule has 0 saturated carbocycles. The van der Waals surface area contributed by atoms with E-state index in [1.807, 2.05) is 0 Å². The van der Waals surface area contributed by atoms with Gasteiger partial charge in [-0.15, -0.1) is 0 Å². The largest absolute Gasteiger partial charge is 0.389 e. The number of nitrogens with one attached hydrogen (secondary N) is 1. The summed E-state index contributed by atoms with van der Waals surface area (Å²) in [6, 6.07) is 2.34. The van der Waals surface area contributed by atoms with Crippen molar-refractivity contribution in [2.24, 2.45) is 11.1 Å². The van der Waals surface area contributed by atoms with Gasteiger partial charge < -0.3 is 16.0 Å². The van der Waals surface area contributed by atoms with E-state index in [9.17, 15) is 8.78 Å². The zero-order chi connectivity index (χ0) is 15.6. The SMILES string of the molecule is CN1CCC(C)(CNc2c(F)cc(C(N)=S)cc2F)CC1. The smallest absolute Gasteiger partial charge is 0.150 e. The number of rotatable bonds is 4. The lowest BCUT2D eigenvalue weighted by molar-refractivity contribution is 0.150. The maximum atomic E-state index is 14.0. The molecular weight excluding hydrogens is 292 g/mol. The molecule has 0 spiro atoms. The highest BCUT2D eigenvalue weighted by molar-refractivity contribution is 7.80. The number of nitrogens with two attached hydrogens (primary N) is 1. The Morgan fingerprint density at radius 3 is 2.33 bits per heavy atom. The third-order valence-electron chi connectivity index (χ3n) is 4.21. The van der Waals surface area contributed by atoms with Crippen molar-refractivity contribution in [2.75, 3.05) is 32.0 Å². The molecule has 0 bridgehead atoms. The van der Waals surface area contributed by atoms with Crippen LogP contribution in [0.4, 0.5) is 14.5 Å². The Balaban J connectivity index is 2.08. The molecule has 6 heteroatoms. The maximum absolute atomic E-state index is 14.0. The first-order chi connectivity index (χ1) is 9.81. The Hall–Kier alpha value is -1.27. The standard InChI is InChI=1S/C15H21F2N3S/c1-15(3-5-20(2)6-4-15)9-19-13-11(16)7-10(14(18)21)8-12(13)17/h7-8,19H,3-6,9H2,1-2H3,(H2,18,21). The fourth-order valence-corrected chi connectivity index (χ4v) is 2.64. The van der Waals surface area contributed by atoms with Crippen LogP contribution in [0.5, 0.6) is 0 Å². The summed E-state index contributed by atoms with van der Waals surface area (Å²) < 4.78 is 28.0. The zero-order valence-electron chi connectivity index (χ0n) is 12.4. The van der Waals surface area contributed by atoms with E-state index in [0.29, 0.717) is 6.54 Å². The highest BCUT2D eigenvalue weighted by atomic mass is 32.1. The fraction of sp³-hybridized carbons (Fsp3) is 0.533. The van der Waals surface area contributed by atoms with E-state index in [-0.39, 0.29) is 21.7 Å². The molecule has 21 heavy (non-hydrogen) atoms. The molecule has 1 fully saturated rings. The van der Waals surface area contributed by atoms with Crippen LogP contribution in [-0.4, -0.2) is 36.6 Å². The molecule has 1 aliphatic rings. The topological polar surface area (TPSA) is 41.3 Å². The Morgan fingerprint density at radius 1 is 1.33 bits per heavy atom. The van der Waals surface area contributed by atoms with Crippen LogP contribution in [-0.2, 0) is 0 Å². The predicted octanol–water partition coefficient (Wildman–Crippen LogP) is 2.74. The van der Waals surface area contributed by atoms with E-state index in [1.54, 1.807) is 0 Å². The molecule has 1 aromatic rings. The Bertz CT molecular complexity index is 517. The Labute approximate surface area is 129 Å². The van der Waals surface area contributed by atoms with Gasteiger partial charge in [-0.2, -0.15) is 0 Å². The molecule has 1 saturated heterocycles. The summed E-state index contributed by atoms with van der Waals surface area (Å²) in [7, 11) is 2.08. The maximum Gasteiger partial charge on any atom is 0.150 e. The highest BCUT2D eigenvalue weighted by Crippen LogP contribution is 2.31. The van der Waals surface area contributed by atoms with Gasteiger partial charge in [0.2, 0.25) is 0 Å². The van der Waals surface area contributed by atoms with E-state index in [1.165, 1.54) is 12.1 Å². The van der Waals surface area contributed by atoms with Gasteiger partial charge in [-0.25, -0.2) is 8.78 Å². The van der Waals surface area contributed by atoms with Crippen molar-refractivity contribution < 1.29 is 8.78 Å². The van der Waals surface area contributed by atoms with Crippen LogP contribution in [0.15, 0.2) is 12.1 Å². The molecule has 1 heterocycles. The van der Waals surface area contributed by atoms with Crippen molar-refractivity contribution in [2.45, 2.75) is 19.8 Å². The van der Waals surface area contributed by atoms with E-state index < -0.39 is 11.6 Å². The molecule has 0 radical (unpaired) electrons. The molecular formula is C15H21F2N3S. The van der Waals surface area contributed by atoms with Crippen molar-refractivity contribution >= 4 is 22.9 Å². The normalized spacial score (nSPS) is 18.5. The van der Waals surface area contributed by atoms with Crippen LogP contribution in [0, 0.1) is 17.0 Å². The van der Waals surface area contributed by atoms with Gasteiger partial charge in [0.05, 0.1) is 0 Å². The minimum Gasteiger partial charge on any atom is -0.389 e. The number of hydrogen-bond donors (Lipinski definition) is 2. The van der Waals surface area contributed by atoms with E-state index in [2.05, 4.69) is 24.2 Å². The van der Waals surface area contributed by atoms with Gasteiger partial charge in [0.15, 0.2) is 0 Å². The van der Waals surface area contributed by atoms with Gasteiger partial charge in [0.1, 0.15) is 22.3 Å². The van der Waals surface area contributed by atoms with Crippen LogP contribution >= 0.6 is 12.2 Å². The molecule has 1 aliphatic heterocycles. The molecule has 0 unspecified atom stereocenters. The fourth-order valence-electron chi connectivity index (χ4n) is 2.52. The van der Waals surface area contributed by atoms with Crippen LogP contribution in [0.25, 0.3) is 0 Å². The molecule has 0 amide bonds. The van der Waals surface area contributed by atoms with E-state index in [0.717, 1.165) is 25.9 Å². The van der Waals surface area contributed by atoms with Crippen molar-refractivity contribution in [3.63, 3.8) is 0 Å². The van der Waals surface area contributed by atoms with Crippen LogP contribution in [0.1, 0.15) is 25.3 Å². The van der Waals surface area contributed by atoms with Gasteiger partial charge >= 0.3 is 0 Å². The number of likely N-dealkylation sites (tertiary alicyclic amines) is 1. The van der Waals surface area contributed by atoms with Crippen LogP contribution in [0.3, 0.4) is 0 Å². The highest BCUT2D eigenvalue weighted by Gasteiger charge is 2.29. The minimum atomic E-state index is -0.658. The number of piperidine rings is 1. The Morgan fingerprint density at radius 2 is 1.86 bits per heavy atom. The molecule has 2 rings (SSSR count). The predicted molar refractivity (Wildman–Crippen MR) is 85.6 cm³/mol. The monoisotopic (exact) mass is 313 g/mol. The molecule has 3 N–H and O–H groups in total. The van der Waals surface area contributed by atoms with E-state index in [4.69, 9.17) is 18.0 Å². The van der Waals surface area contributed by atoms with Gasteiger partial charge in [-0.3, -0.25) is 0 Å². The van der Waals surface area contributed by atoms with Crippen molar-refractivity contribution in [1.82, 2.24) is 4.90 Å². The Kier molecular flexibility index (Phi) is 4.78. The summed E-state index contributed by atoms with van der Waals surface area (Å²) in [5.41, 5.74) is 5.55. The average Bonchev–Trinajstić information content (AvgIpc) is 2.41. The van der Waals surface area contributed by atoms with Crippen LogP contribution in [0.2, 0.25) is 0 Å².